The molecule has 9 aromatic rings. The Hall–Kier alpha value is -7.01. The molecule has 58 heavy (non-hydrogen) atoms. The van der Waals surface area contributed by atoms with Crippen LogP contribution in [-0.2, 0) is 10.8 Å². The van der Waals surface area contributed by atoms with E-state index < -0.39 is 10.8 Å². The number of hydrogen-bond donors (Lipinski definition) is 0. The Labute approximate surface area is 341 Å². The Morgan fingerprint density at radius 3 is 1.52 bits per heavy atom. The Balaban J connectivity index is 1.14. The van der Waals surface area contributed by atoms with Crippen LogP contribution in [0.1, 0.15) is 44.5 Å². The maximum absolute atomic E-state index is 5.37. The number of fused-ring (bicyclic) bond motifs is 19. The van der Waals surface area contributed by atoms with Crippen LogP contribution >= 0.6 is 11.8 Å². The Kier molecular flexibility index (Phi) is 6.51. The highest BCUT2D eigenvalue weighted by atomic mass is 32.2. The first-order valence-electron chi connectivity index (χ1n) is 19.9. The van der Waals surface area contributed by atoms with Crippen LogP contribution in [0.15, 0.2) is 210 Å². The Morgan fingerprint density at radius 2 is 0.862 bits per heavy atom. The van der Waals surface area contributed by atoms with Gasteiger partial charge in [0.2, 0.25) is 0 Å². The van der Waals surface area contributed by atoms with Crippen molar-refractivity contribution in [3.8, 4) is 33.6 Å². The maximum atomic E-state index is 5.37. The van der Waals surface area contributed by atoms with Crippen LogP contribution < -0.4 is 4.90 Å². The van der Waals surface area contributed by atoms with E-state index in [-0.39, 0.29) is 0 Å². The van der Waals surface area contributed by atoms with Crippen molar-refractivity contribution >= 4 is 28.8 Å². The minimum Gasteiger partial charge on any atom is -0.309 e. The zero-order valence-corrected chi connectivity index (χ0v) is 32.1. The van der Waals surface area contributed by atoms with Gasteiger partial charge < -0.3 is 4.90 Å². The molecule has 3 heterocycles. The lowest BCUT2D eigenvalue weighted by molar-refractivity contribution is 0.714. The van der Waals surface area contributed by atoms with Crippen molar-refractivity contribution in [2.45, 2.75) is 20.6 Å². The van der Waals surface area contributed by atoms with E-state index in [4.69, 9.17) is 9.97 Å². The number of rotatable bonds is 3. The predicted molar refractivity (Wildman–Crippen MR) is 234 cm³/mol. The molecule has 1 atom stereocenters. The zero-order chi connectivity index (χ0) is 38.0. The molecule has 13 rings (SSSR count). The van der Waals surface area contributed by atoms with Crippen LogP contribution in [-0.4, -0.2) is 9.97 Å². The van der Waals surface area contributed by atoms with Crippen molar-refractivity contribution in [1.29, 1.82) is 0 Å². The third kappa shape index (κ3) is 3.95. The molecule has 7 aromatic carbocycles. The fourth-order valence-electron chi connectivity index (χ4n) is 10.9. The van der Waals surface area contributed by atoms with Gasteiger partial charge in [-0.3, -0.25) is 9.97 Å². The van der Waals surface area contributed by atoms with Crippen LogP contribution in [0.3, 0.4) is 0 Å². The van der Waals surface area contributed by atoms with Crippen molar-refractivity contribution < 1.29 is 0 Å². The highest BCUT2D eigenvalue weighted by Gasteiger charge is 2.56. The first-order chi connectivity index (χ1) is 28.8. The number of nitrogens with zero attached hydrogens (tertiary/aromatic N) is 3. The molecule has 1 unspecified atom stereocenters. The Bertz CT molecular complexity index is 3090. The van der Waals surface area contributed by atoms with Gasteiger partial charge >= 0.3 is 0 Å². The molecule has 3 nitrogen and oxygen atoms in total. The Morgan fingerprint density at radius 1 is 0.345 bits per heavy atom. The fraction of sp³-hybridized carbons (Fsp3) is 0.0370. The monoisotopic (exact) mass is 755 g/mol. The van der Waals surface area contributed by atoms with Crippen LogP contribution in [0.25, 0.3) is 33.6 Å². The molecular weight excluding hydrogens is 723 g/mol. The average Bonchev–Trinajstić information content (AvgIpc) is 3.87. The predicted octanol–water partition coefficient (Wildman–Crippen LogP) is 13.1. The topological polar surface area (TPSA) is 29.0 Å². The van der Waals surface area contributed by atoms with Gasteiger partial charge in [0.15, 0.2) is 0 Å². The van der Waals surface area contributed by atoms with E-state index >= 15 is 0 Å². The molecule has 0 N–H and O–H groups in total. The summed E-state index contributed by atoms with van der Waals surface area (Å²) in [7, 11) is 0. The van der Waals surface area contributed by atoms with Crippen molar-refractivity contribution in [2.75, 3.05) is 4.90 Å². The number of aromatic nitrogens is 2. The second kappa shape index (κ2) is 11.8. The third-order valence-electron chi connectivity index (χ3n) is 13.0. The van der Waals surface area contributed by atoms with Gasteiger partial charge in [-0.2, -0.15) is 0 Å². The molecule has 0 amide bonds. The van der Waals surface area contributed by atoms with Crippen molar-refractivity contribution in [1.82, 2.24) is 9.97 Å². The van der Waals surface area contributed by atoms with Crippen LogP contribution in [0.2, 0.25) is 0 Å². The van der Waals surface area contributed by atoms with Gasteiger partial charge in [-0.05, 0) is 116 Å². The van der Waals surface area contributed by atoms with Gasteiger partial charge in [0.1, 0.15) is 0 Å². The largest absolute Gasteiger partial charge is 0.309 e. The quantitative estimate of drug-likeness (QED) is 0.180. The number of pyridine rings is 2. The summed E-state index contributed by atoms with van der Waals surface area (Å²) in [6.45, 7) is 0. The van der Waals surface area contributed by atoms with Gasteiger partial charge in [0.05, 0.1) is 34.1 Å². The standard InChI is InChI=1S/C54H33N3S/c1-3-16-34(17-4-1)57(35-18-5-2-6-19-35)36-30-48-52(56-33-36)51-45(27-15-29-55-51)54(48)44-26-13-14-28-49(44)58-50-32-46-40(31-47(50)54)39-22-9-12-25-43(39)53(46)41-23-10-7-20-37(41)38-21-8-11-24-42(38)53/h1-33H. The molecular formula is C54H33N3S. The lowest BCUT2D eigenvalue weighted by atomic mass is 9.66. The normalized spacial score (nSPS) is 16.4. The summed E-state index contributed by atoms with van der Waals surface area (Å²) >= 11 is 1.90. The van der Waals surface area contributed by atoms with Crippen LogP contribution in [0, 0.1) is 0 Å². The van der Waals surface area contributed by atoms with Gasteiger partial charge in [0.25, 0.3) is 0 Å². The van der Waals surface area contributed by atoms with E-state index in [1.54, 1.807) is 0 Å². The molecule has 2 spiro atoms. The van der Waals surface area contributed by atoms with Crippen molar-refractivity contribution in [2.24, 2.45) is 0 Å². The lowest BCUT2D eigenvalue weighted by Crippen LogP contribution is -2.33. The minimum absolute atomic E-state index is 0.424. The first kappa shape index (κ1) is 32.1. The number of hydrogen-bond acceptors (Lipinski definition) is 4. The highest BCUT2D eigenvalue weighted by molar-refractivity contribution is 7.99. The van der Waals surface area contributed by atoms with Crippen molar-refractivity contribution in [3.05, 3.63) is 245 Å². The third-order valence-corrected chi connectivity index (χ3v) is 14.1. The first-order valence-corrected chi connectivity index (χ1v) is 20.7. The van der Waals surface area contributed by atoms with Gasteiger partial charge in [-0.15, -0.1) is 0 Å². The fourth-order valence-corrected chi connectivity index (χ4v) is 12.1. The van der Waals surface area contributed by atoms with Crippen LogP contribution in [0.4, 0.5) is 17.1 Å². The summed E-state index contributed by atoms with van der Waals surface area (Å²) in [5, 5.41) is 0. The molecule has 1 aliphatic heterocycles. The van der Waals surface area contributed by atoms with Crippen LogP contribution in [0.5, 0.6) is 0 Å². The van der Waals surface area contributed by atoms with Crippen molar-refractivity contribution in [3.63, 3.8) is 0 Å². The smallest absolute Gasteiger partial charge is 0.0939 e. The molecule has 0 bridgehead atoms. The second-order valence-electron chi connectivity index (χ2n) is 15.6. The summed E-state index contributed by atoms with van der Waals surface area (Å²) in [4.78, 5) is 15.3. The number of anilines is 3. The second-order valence-corrected chi connectivity index (χ2v) is 16.7. The molecule has 4 aliphatic rings. The molecule has 4 heteroatoms. The molecule has 0 fully saturated rings. The van der Waals surface area contributed by atoms with E-state index in [2.05, 4.69) is 193 Å². The van der Waals surface area contributed by atoms with E-state index in [1.165, 1.54) is 71.0 Å². The highest BCUT2D eigenvalue weighted by Crippen LogP contribution is 2.67. The molecule has 3 aliphatic carbocycles. The summed E-state index contributed by atoms with van der Waals surface area (Å²) in [6.07, 6.45) is 3.94. The molecule has 2 aromatic heterocycles. The SMILES string of the molecule is c1ccc(N(c2ccccc2)c2cnc3c(c2)C2(c4ccccc4Sc4cc5c(cc42)-c2ccccc2C52c4ccccc4-c4ccccc42)c2cccnc2-3)cc1. The number of para-hydroxylation sites is 2. The average molecular weight is 756 g/mol. The van der Waals surface area contributed by atoms with E-state index in [0.29, 0.717) is 0 Å². The molecule has 0 saturated carbocycles. The molecule has 270 valence electrons. The maximum Gasteiger partial charge on any atom is 0.0939 e. The number of benzene rings is 7. The zero-order valence-electron chi connectivity index (χ0n) is 31.3. The van der Waals surface area contributed by atoms with E-state index in [9.17, 15) is 0 Å². The van der Waals surface area contributed by atoms with Gasteiger partial charge in [0, 0.05) is 32.9 Å². The summed E-state index contributed by atoms with van der Waals surface area (Å²) in [5.74, 6) is 0. The van der Waals surface area contributed by atoms with Gasteiger partial charge in [-0.25, -0.2) is 0 Å². The lowest BCUT2D eigenvalue weighted by Gasteiger charge is -2.40. The molecule has 0 radical (unpaired) electrons. The van der Waals surface area contributed by atoms with E-state index in [1.807, 2.05) is 24.2 Å². The minimum atomic E-state index is -0.663. The summed E-state index contributed by atoms with van der Waals surface area (Å²) < 4.78 is 0. The summed E-state index contributed by atoms with van der Waals surface area (Å²) in [6, 6.07) is 69.4. The molecule has 0 saturated heterocycles. The van der Waals surface area contributed by atoms with E-state index in [0.717, 1.165) is 34.0 Å². The van der Waals surface area contributed by atoms with Gasteiger partial charge in [-0.1, -0.05) is 145 Å². The summed E-state index contributed by atoms with van der Waals surface area (Å²) in [5.41, 5.74) is 19.5.